The van der Waals surface area contributed by atoms with Gasteiger partial charge in [0.05, 0.1) is 7.11 Å². The number of aliphatic carboxylic acids is 1. The number of aryl methyl sites for hydroxylation is 3. The van der Waals surface area contributed by atoms with Gasteiger partial charge in [0.25, 0.3) is 5.91 Å². The molecule has 0 fully saturated rings. The van der Waals surface area contributed by atoms with Gasteiger partial charge < -0.3 is 19.9 Å². The molecular formula is C19H21NO5. The zero-order chi connectivity index (χ0) is 18.6. The maximum atomic E-state index is 12.5. The van der Waals surface area contributed by atoms with Crippen LogP contribution < -0.4 is 14.8 Å². The zero-order valence-corrected chi connectivity index (χ0v) is 14.7. The van der Waals surface area contributed by atoms with Crippen LogP contribution in [0, 0.1) is 20.8 Å². The largest absolute Gasteiger partial charge is 0.496 e. The molecule has 0 aliphatic rings. The molecule has 2 aromatic carbocycles. The average Bonchev–Trinajstić information content (AvgIpc) is 2.54. The van der Waals surface area contributed by atoms with E-state index in [2.05, 4.69) is 5.32 Å². The van der Waals surface area contributed by atoms with Gasteiger partial charge in [-0.1, -0.05) is 0 Å². The topological polar surface area (TPSA) is 84.9 Å². The number of nitrogens with one attached hydrogen (secondary N) is 1. The number of anilines is 1. The van der Waals surface area contributed by atoms with E-state index in [4.69, 9.17) is 14.6 Å². The second kappa shape index (κ2) is 7.70. The Morgan fingerprint density at radius 3 is 2.20 bits per heavy atom. The minimum atomic E-state index is -1.04. The van der Waals surface area contributed by atoms with Gasteiger partial charge in [-0.25, -0.2) is 4.79 Å². The second-order valence-electron chi connectivity index (χ2n) is 5.76. The van der Waals surface area contributed by atoms with Crippen molar-refractivity contribution in [3.8, 4) is 11.5 Å². The number of ether oxygens (including phenoxy) is 2. The van der Waals surface area contributed by atoms with Crippen molar-refractivity contribution in [2.45, 2.75) is 20.8 Å². The predicted octanol–water partition coefficient (Wildman–Crippen LogP) is 3.34. The summed E-state index contributed by atoms with van der Waals surface area (Å²) in [4.78, 5) is 23.0. The number of rotatable bonds is 6. The lowest BCUT2D eigenvalue weighted by Crippen LogP contribution is -2.14. The molecule has 0 bridgehead atoms. The Hall–Kier alpha value is -3.02. The minimum Gasteiger partial charge on any atom is -0.496 e. The van der Waals surface area contributed by atoms with E-state index in [9.17, 15) is 9.59 Å². The predicted molar refractivity (Wildman–Crippen MR) is 94.7 cm³/mol. The summed E-state index contributed by atoms with van der Waals surface area (Å²) in [5.74, 6) is -0.0573. The number of amides is 1. The van der Waals surface area contributed by atoms with Crippen LogP contribution in [0.15, 0.2) is 30.3 Å². The van der Waals surface area contributed by atoms with Crippen molar-refractivity contribution < 1.29 is 24.2 Å². The van der Waals surface area contributed by atoms with Crippen molar-refractivity contribution in [2.75, 3.05) is 19.0 Å². The first kappa shape index (κ1) is 18.3. The van der Waals surface area contributed by atoms with E-state index in [1.54, 1.807) is 37.4 Å². The molecule has 0 atom stereocenters. The Balaban J connectivity index is 2.16. The Kier molecular flexibility index (Phi) is 5.64. The summed E-state index contributed by atoms with van der Waals surface area (Å²) in [6, 6.07) is 8.55. The molecule has 0 unspecified atom stereocenters. The highest BCUT2D eigenvalue weighted by Crippen LogP contribution is 2.26. The molecule has 132 valence electrons. The van der Waals surface area contributed by atoms with Crippen LogP contribution in [0.25, 0.3) is 0 Å². The first-order valence-electron chi connectivity index (χ1n) is 7.73. The number of benzene rings is 2. The van der Waals surface area contributed by atoms with Crippen LogP contribution in [0.4, 0.5) is 5.69 Å². The van der Waals surface area contributed by atoms with E-state index in [0.29, 0.717) is 17.0 Å². The van der Waals surface area contributed by atoms with E-state index in [0.717, 1.165) is 22.4 Å². The van der Waals surface area contributed by atoms with Crippen molar-refractivity contribution >= 4 is 17.6 Å². The number of methoxy groups -OCH3 is 1. The normalized spacial score (nSPS) is 10.2. The zero-order valence-electron chi connectivity index (χ0n) is 14.7. The summed E-state index contributed by atoms with van der Waals surface area (Å²) in [6.45, 7) is 5.19. The molecule has 6 heteroatoms. The van der Waals surface area contributed by atoms with E-state index in [1.807, 2.05) is 20.8 Å². The molecule has 0 aromatic heterocycles. The van der Waals surface area contributed by atoms with Gasteiger partial charge in [0.2, 0.25) is 0 Å². The fourth-order valence-electron chi connectivity index (χ4n) is 2.61. The molecule has 0 aliphatic carbocycles. The van der Waals surface area contributed by atoms with Gasteiger partial charge in [0.1, 0.15) is 11.5 Å². The highest BCUT2D eigenvalue weighted by Gasteiger charge is 2.13. The van der Waals surface area contributed by atoms with Gasteiger partial charge in [-0.3, -0.25) is 4.79 Å². The highest BCUT2D eigenvalue weighted by atomic mass is 16.5. The first-order valence-corrected chi connectivity index (χ1v) is 7.73. The lowest BCUT2D eigenvalue weighted by atomic mass is 10.0. The number of hydrogen-bond donors (Lipinski definition) is 2. The third kappa shape index (κ3) is 4.50. The summed E-state index contributed by atoms with van der Waals surface area (Å²) in [5, 5.41) is 11.5. The maximum absolute atomic E-state index is 12.5. The molecule has 0 saturated carbocycles. The van der Waals surface area contributed by atoms with Crippen molar-refractivity contribution in [1.29, 1.82) is 0 Å². The number of carbonyl (C=O) groups is 2. The van der Waals surface area contributed by atoms with Crippen LogP contribution in [0.1, 0.15) is 27.0 Å². The Bertz CT molecular complexity index is 790. The van der Waals surface area contributed by atoms with Gasteiger partial charge in [-0.05, 0) is 67.8 Å². The van der Waals surface area contributed by atoms with E-state index < -0.39 is 12.6 Å². The van der Waals surface area contributed by atoms with Crippen molar-refractivity contribution in [3.63, 3.8) is 0 Å². The fourth-order valence-corrected chi connectivity index (χ4v) is 2.61. The molecule has 6 nitrogen and oxygen atoms in total. The minimum absolute atomic E-state index is 0.226. The smallest absolute Gasteiger partial charge is 0.341 e. The van der Waals surface area contributed by atoms with Crippen LogP contribution in [0.3, 0.4) is 0 Å². The molecule has 1 amide bonds. The molecule has 2 aromatic rings. The lowest BCUT2D eigenvalue weighted by Gasteiger charge is -2.13. The van der Waals surface area contributed by atoms with Gasteiger partial charge in [-0.2, -0.15) is 0 Å². The highest BCUT2D eigenvalue weighted by molar-refractivity contribution is 6.05. The summed E-state index contributed by atoms with van der Waals surface area (Å²) in [7, 11) is 1.60. The van der Waals surface area contributed by atoms with Crippen LogP contribution >= 0.6 is 0 Å². The standard InChI is InChI=1S/C19H21NO5/c1-11-9-15(25-10-17(21)22)5-6-16(11)20-19(23)14-7-12(2)18(24-4)13(3)8-14/h5-9H,10H2,1-4H3,(H,20,23)(H,21,22). The summed E-state index contributed by atoms with van der Waals surface area (Å²) in [5.41, 5.74) is 3.74. The Morgan fingerprint density at radius 1 is 1.04 bits per heavy atom. The fraction of sp³-hybridized carbons (Fsp3) is 0.263. The summed E-state index contributed by atoms with van der Waals surface area (Å²) in [6.07, 6.45) is 0. The molecule has 2 N–H and O–H groups in total. The monoisotopic (exact) mass is 343 g/mol. The van der Waals surface area contributed by atoms with Gasteiger partial charge in [0.15, 0.2) is 6.61 Å². The van der Waals surface area contributed by atoms with E-state index in [-0.39, 0.29) is 5.91 Å². The molecule has 0 spiro atoms. The number of hydrogen-bond acceptors (Lipinski definition) is 4. The Labute approximate surface area is 146 Å². The average molecular weight is 343 g/mol. The molecule has 25 heavy (non-hydrogen) atoms. The maximum Gasteiger partial charge on any atom is 0.341 e. The third-order valence-electron chi connectivity index (χ3n) is 3.74. The lowest BCUT2D eigenvalue weighted by molar-refractivity contribution is -0.139. The van der Waals surface area contributed by atoms with Crippen LogP contribution in [-0.2, 0) is 4.79 Å². The number of carboxylic acid groups (broad SMARTS) is 1. The SMILES string of the molecule is COc1c(C)cc(C(=O)Nc2ccc(OCC(=O)O)cc2C)cc1C. The van der Waals surface area contributed by atoms with Crippen LogP contribution in [0.5, 0.6) is 11.5 Å². The second-order valence-corrected chi connectivity index (χ2v) is 5.76. The summed E-state index contributed by atoms with van der Waals surface area (Å²) < 4.78 is 10.4. The quantitative estimate of drug-likeness (QED) is 0.840. The molecule has 2 rings (SSSR count). The van der Waals surface area contributed by atoms with Gasteiger partial charge in [0, 0.05) is 11.3 Å². The molecule has 0 saturated heterocycles. The Morgan fingerprint density at radius 2 is 1.68 bits per heavy atom. The van der Waals surface area contributed by atoms with Gasteiger partial charge >= 0.3 is 5.97 Å². The van der Waals surface area contributed by atoms with E-state index >= 15 is 0 Å². The van der Waals surface area contributed by atoms with Crippen molar-refractivity contribution in [1.82, 2.24) is 0 Å². The van der Waals surface area contributed by atoms with Crippen molar-refractivity contribution in [3.05, 3.63) is 52.6 Å². The van der Waals surface area contributed by atoms with Crippen LogP contribution in [0.2, 0.25) is 0 Å². The molecule has 0 radical (unpaired) electrons. The molecule has 0 aliphatic heterocycles. The molecular weight excluding hydrogens is 322 g/mol. The van der Waals surface area contributed by atoms with E-state index in [1.165, 1.54) is 0 Å². The number of carbonyl (C=O) groups excluding carboxylic acids is 1. The number of carboxylic acids is 1. The van der Waals surface area contributed by atoms with Crippen molar-refractivity contribution in [2.24, 2.45) is 0 Å². The third-order valence-corrected chi connectivity index (χ3v) is 3.74. The first-order chi connectivity index (χ1) is 11.8. The molecule has 0 heterocycles. The summed E-state index contributed by atoms with van der Waals surface area (Å²) >= 11 is 0. The van der Waals surface area contributed by atoms with Gasteiger partial charge in [-0.15, -0.1) is 0 Å². The van der Waals surface area contributed by atoms with Crippen LogP contribution in [-0.4, -0.2) is 30.7 Å².